The minimum Gasteiger partial charge on any atom is -0.355 e. The van der Waals surface area contributed by atoms with Gasteiger partial charge in [-0.05, 0) is 42.6 Å². The lowest BCUT2D eigenvalue weighted by atomic mass is 10.0. The van der Waals surface area contributed by atoms with Gasteiger partial charge in [0.1, 0.15) is 11.2 Å². The first-order valence-electron chi connectivity index (χ1n) is 8.60. The molecule has 2 N–H and O–H groups in total. The number of allylic oxidation sites excluding steroid dienone is 4. The number of nitrogens with zero attached hydrogens (tertiary/aromatic N) is 1. The molecule has 3 aliphatic rings. The Morgan fingerprint density at radius 3 is 3.00 bits per heavy atom. The summed E-state index contributed by atoms with van der Waals surface area (Å²) in [5.41, 5.74) is 3.52. The molecule has 3 nitrogen and oxygen atoms in total. The standard InChI is InChI=1S/C19H22FN3S2/c1-3-25-15-10-13(6-8-21-15)17-16(22-18(23-17)24-2)12-5-4-7-19(20)11-14(19)9-12/h4,6-10,14,18,22-23H,3,5,11H2,1-2H3. The van der Waals surface area contributed by atoms with Crippen molar-refractivity contribution in [2.45, 2.75) is 36.0 Å². The lowest BCUT2D eigenvalue weighted by molar-refractivity contribution is 0.364. The molecule has 0 amide bonds. The van der Waals surface area contributed by atoms with E-state index in [1.807, 2.05) is 18.3 Å². The topological polar surface area (TPSA) is 37.0 Å². The average Bonchev–Trinajstić information content (AvgIpc) is 3.09. The van der Waals surface area contributed by atoms with Crippen LogP contribution < -0.4 is 10.6 Å². The SMILES string of the molecule is CCSc1cc(C2=C(C3=CC4CC4(F)C=CC3)NC(SC)N2)ccn1. The third-order valence-electron chi connectivity index (χ3n) is 4.80. The molecule has 6 heteroatoms. The highest BCUT2D eigenvalue weighted by Crippen LogP contribution is 2.52. The number of thioether (sulfide) groups is 2. The zero-order valence-corrected chi connectivity index (χ0v) is 16.0. The summed E-state index contributed by atoms with van der Waals surface area (Å²) in [5.74, 6) is 1.02. The van der Waals surface area contributed by atoms with Crippen LogP contribution in [0, 0.1) is 5.92 Å². The van der Waals surface area contributed by atoms with Crippen LogP contribution in [-0.4, -0.2) is 28.2 Å². The van der Waals surface area contributed by atoms with E-state index in [-0.39, 0.29) is 11.4 Å². The number of aromatic nitrogens is 1. The van der Waals surface area contributed by atoms with Gasteiger partial charge in [-0.1, -0.05) is 25.2 Å². The summed E-state index contributed by atoms with van der Waals surface area (Å²) in [6.07, 6.45) is 11.2. The minimum atomic E-state index is -1.10. The van der Waals surface area contributed by atoms with Gasteiger partial charge in [0, 0.05) is 17.7 Å². The Labute approximate surface area is 156 Å². The first-order valence-corrected chi connectivity index (χ1v) is 10.9. The summed E-state index contributed by atoms with van der Waals surface area (Å²) >= 11 is 3.46. The van der Waals surface area contributed by atoms with Crippen molar-refractivity contribution < 1.29 is 4.39 Å². The van der Waals surface area contributed by atoms with Crippen LogP contribution in [0.4, 0.5) is 4.39 Å². The van der Waals surface area contributed by atoms with Crippen LogP contribution in [0.15, 0.2) is 52.9 Å². The molecule has 3 unspecified atom stereocenters. The first-order chi connectivity index (χ1) is 12.1. The van der Waals surface area contributed by atoms with E-state index in [1.165, 1.54) is 5.57 Å². The van der Waals surface area contributed by atoms with Gasteiger partial charge in [-0.3, -0.25) is 0 Å². The summed E-state index contributed by atoms with van der Waals surface area (Å²) in [6.45, 7) is 2.13. The Balaban J connectivity index is 1.71. The van der Waals surface area contributed by atoms with Crippen LogP contribution >= 0.6 is 23.5 Å². The highest BCUT2D eigenvalue weighted by molar-refractivity contribution is 7.99. The summed E-state index contributed by atoms with van der Waals surface area (Å²) in [7, 11) is 0. The van der Waals surface area contributed by atoms with E-state index in [9.17, 15) is 4.39 Å². The Bertz CT molecular complexity index is 774. The number of pyridine rings is 1. The minimum absolute atomic E-state index is 0.0220. The van der Waals surface area contributed by atoms with Crippen LogP contribution in [-0.2, 0) is 0 Å². The van der Waals surface area contributed by atoms with Gasteiger partial charge >= 0.3 is 0 Å². The zero-order chi connectivity index (χ0) is 17.4. The molecular weight excluding hydrogens is 353 g/mol. The van der Waals surface area contributed by atoms with Crippen molar-refractivity contribution in [1.29, 1.82) is 0 Å². The molecule has 25 heavy (non-hydrogen) atoms. The maximum atomic E-state index is 14.4. The van der Waals surface area contributed by atoms with Crippen molar-refractivity contribution >= 4 is 29.2 Å². The number of fused-ring (bicyclic) bond motifs is 1. The van der Waals surface area contributed by atoms with Crippen LogP contribution in [0.2, 0.25) is 0 Å². The fourth-order valence-electron chi connectivity index (χ4n) is 3.38. The average molecular weight is 376 g/mol. The fourth-order valence-corrected chi connectivity index (χ4v) is 4.49. The van der Waals surface area contributed by atoms with Crippen molar-refractivity contribution in [2.75, 3.05) is 12.0 Å². The van der Waals surface area contributed by atoms with Crippen LogP contribution in [0.25, 0.3) is 5.70 Å². The maximum absolute atomic E-state index is 14.4. The van der Waals surface area contributed by atoms with E-state index in [0.29, 0.717) is 6.42 Å². The third-order valence-corrected chi connectivity index (χ3v) is 6.31. The molecule has 2 heterocycles. The van der Waals surface area contributed by atoms with Gasteiger partial charge in [0.15, 0.2) is 0 Å². The number of hydrogen-bond donors (Lipinski definition) is 2. The first kappa shape index (κ1) is 17.0. The van der Waals surface area contributed by atoms with Gasteiger partial charge in [-0.25, -0.2) is 9.37 Å². The Hall–Kier alpha value is -1.40. The molecule has 1 aromatic heterocycles. The van der Waals surface area contributed by atoms with Crippen LogP contribution in [0.1, 0.15) is 25.3 Å². The van der Waals surface area contributed by atoms with Gasteiger partial charge in [0.2, 0.25) is 0 Å². The second kappa shape index (κ2) is 6.72. The predicted octanol–water partition coefficient (Wildman–Crippen LogP) is 4.32. The lowest BCUT2D eigenvalue weighted by Gasteiger charge is -2.11. The van der Waals surface area contributed by atoms with E-state index in [2.05, 4.69) is 40.9 Å². The largest absolute Gasteiger partial charge is 0.355 e. The maximum Gasteiger partial charge on any atom is 0.145 e. The molecular formula is C19H22FN3S2. The molecule has 3 atom stereocenters. The highest BCUT2D eigenvalue weighted by atomic mass is 32.2. The van der Waals surface area contributed by atoms with E-state index >= 15 is 0 Å². The van der Waals surface area contributed by atoms with Gasteiger partial charge in [-0.15, -0.1) is 23.5 Å². The Morgan fingerprint density at radius 2 is 2.20 bits per heavy atom. The third kappa shape index (κ3) is 3.34. The van der Waals surface area contributed by atoms with Crippen LogP contribution in [0.3, 0.4) is 0 Å². The molecule has 132 valence electrons. The number of halogens is 1. The molecule has 1 aliphatic heterocycles. The van der Waals surface area contributed by atoms with Gasteiger partial charge < -0.3 is 10.6 Å². The number of hydrogen-bond acceptors (Lipinski definition) is 5. The van der Waals surface area contributed by atoms with Gasteiger partial charge in [0.05, 0.1) is 16.4 Å². The summed E-state index contributed by atoms with van der Waals surface area (Å²) < 4.78 is 14.4. The molecule has 4 rings (SSSR count). The summed E-state index contributed by atoms with van der Waals surface area (Å²) in [5, 5.41) is 8.17. The normalized spacial score (nSPS) is 30.3. The van der Waals surface area contributed by atoms with E-state index in [4.69, 9.17) is 0 Å². The Morgan fingerprint density at radius 1 is 1.36 bits per heavy atom. The van der Waals surface area contributed by atoms with E-state index in [1.54, 1.807) is 29.6 Å². The molecule has 1 saturated carbocycles. The van der Waals surface area contributed by atoms with Crippen molar-refractivity contribution in [3.8, 4) is 0 Å². The van der Waals surface area contributed by atoms with Crippen LogP contribution in [0.5, 0.6) is 0 Å². The van der Waals surface area contributed by atoms with E-state index in [0.717, 1.165) is 34.2 Å². The van der Waals surface area contributed by atoms with Gasteiger partial charge in [0.25, 0.3) is 0 Å². The monoisotopic (exact) mass is 375 g/mol. The molecule has 0 bridgehead atoms. The number of nitrogens with one attached hydrogen (secondary N) is 2. The molecule has 0 aromatic carbocycles. The molecule has 0 radical (unpaired) electrons. The molecule has 0 spiro atoms. The zero-order valence-electron chi connectivity index (χ0n) is 14.4. The Kier molecular flexibility index (Phi) is 4.58. The second-order valence-electron chi connectivity index (χ2n) is 6.51. The summed E-state index contributed by atoms with van der Waals surface area (Å²) in [4.78, 5) is 4.43. The van der Waals surface area contributed by atoms with Crippen molar-refractivity contribution in [3.05, 3.63) is 53.4 Å². The van der Waals surface area contributed by atoms with Gasteiger partial charge in [-0.2, -0.15) is 0 Å². The van der Waals surface area contributed by atoms with Crippen molar-refractivity contribution in [2.24, 2.45) is 5.92 Å². The smallest absolute Gasteiger partial charge is 0.145 e. The number of rotatable bonds is 5. The quantitative estimate of drug-likeness (QED) is 0.592. The predicted molar refractivity (Wildman–Crippen MR) is 105 cm³/mol. The highest BCUT2D eigenvalue weighted by Gasteiger charge is 2.52. The van der Waals surface area contributed by atoms with Crippen molar-refractivity contribution in [1.82, 2.24) is 15.6 Å². The molecule has 0 saturated heterocycles. The molecule has 2 aliphatic carbocycles. The van der Waals surface area contributed by atoms with Crippen molar-refractivity contribution in [3.63, 3.8) is 0 Å². The second-order valence-corrected chi connectivity index (χ2v) is 8.73. The molecule has 1 fully saturated rings. The lowest BCUT2D eigenvalue weighted by Crippen LogP contribution is -2.29. The fraction of sp³-hybridized carbons (Fsp3) is 0.421. The summed E-state index contributed by atoms with van der Waals surface area (Å²) in [6, 6.07) is 4.17. The van der Waals surface area contributed by atoms with E-state index < -0.39 is 5.67 Å². The number of alkyl halides is 1. The molecule has 1 aromatic rings.